The second-order valence-corrected chi connectivity index (χ2v) is 4.15. The van der Waals surface area contributed by atoms with E-state index in [-0.39, 0.29) is 12.5 Å². The molecule has 1 aromatic carbocycles. The highest BCUT2D eigenvalue weighted by Gasteiger charge is 2.23. The minimum absolute atomic E-state index is 0.134. The normalized spacial score (nSPS) is 13.1. The van der Waals surface area contributed by atoms with Crippen molar-refractivity contribution in [3.05, 3.63) is 23.8 Å². The molecule has 4 N–H and O–H groups in total. The molecule has 1 aliphatic heterocycles. The minimum atomic E-state index is -0.500. The lowest BCUT2D eigenvalue weighted by Crippen LogP contribution is -2.43. The fourth-order valence-corrected chi connectivity index (χ4v) is 2.13. The van der Waals surface area contributed by atoms with Gasteiger partial charge in [0, 0.05) is 13.6 Å². The fraction of sp³-hybridized carbons (Fsp3) is 0.333. The molecule has 0 unspecified atom stereocenters. The average molecular weight is 248 g/mol. The predicted octanol–water partition coefficient (Wildman–Crippen LogP) is 0.0869. The number of rotatable bonds is 2. The molecule has 0 spiro atoms. The van der Waals surface area contributed by atoms with E-state index in [0.717, 1.165) is 24.2 Å². The summed E-state index contributed by atoms with van der Waals surface area (Å²) in [6, 6.07) is 5.22. The van der Waals surface area contributed by atoms with Crippen molar-refractivity contribution in [2.45, 2.75) is 6.42 Å². The standard InChI is InChI=1S/C12H16N4O2/c1-14-12(18)15-10(17)7-16-6-5-8-3-2-4-9(13)11(8)16/h2-4H,5-7,13H2,1H3,(H2,14,15,17,18). The van der Waals surface area contributed by atoms with Crippen LogP contribution in [0.4, 0.5) is 16.2 Å². The average Bonchev–Trinajstić information content (AvgIpc) is 2.73. The molecule has 96 valence electrons. The summed E-state index contributed by atoms with van der Waals surface area (Å²) < 4.78 is 0. The number of fused-ring (bicyclic) bond motifs is 1. The van der Waals surface area contributed by atoms with Crippen LogP contribution in [-0.4, -0.2) is 32.1 Å². The first kappa shape index (κ1) is 12.2. The number of carbonyl (C=O) groups excluding carboxylic acids is 2. The van der Waals surface area contributed by atoms with E-state index in [9.17, 15) is 9.59 Å². The van der Waals surface area contributed by atoms with Crippen LogP contribution in [-0.2, 0) is 11.2 Å². The predicted molar refractivity (Wildman–Crippen MR) is 69.4 cm³/mol. The molecule has 2 rings (SSSR count). The zero-order valence-electron chi connectivity index (χ0n) is 10.2. The molecule has 1 heterocycles. The molecule has 3 amide bonds. The van der Waals surface area contributed by atoms with Gasteiger partial charge in [0.25, 0.3) is 0 Å². The van der Waals surface area contributed by atoms with Gasteiger partial charge in [-0.1, -0.05) is 12.1 Å². The Kier molecular flexibility index (Phi) is 3.36. The summed E-state index contributed by atoms with van der Waals surface area (Å²) in [7, 11) is 1.46. The SMILES string of the molecule is CNC(=O)NC(=O)CN1CCc2cccc(N)c21. The highest BCUT2D eigenvalue weighted by molar-refractivity contribution is 5.97. The number of para-hydroxylation sites is 1. The van der Waals surface area contributed by atoms with Crippen LogP contribution in [0.3, 0.4) is 0 Å². The van der Waals surface area contributed by atoms with E-state index in [0.29, 0.717) is 5.69 Å². The Morgan fingerprint density at radius 1 is 1.44 bits per heavy atom. The first-order valence-corrected chi connectivity index (χ1v) is 5.75. The molecule has 0 aromatic heterocycles. The Balaban J connectivity index is 2.06. The lowest BCUT2D eigenvalue weighted by atomic mass is 10.1. The topological polar surface area (TPSA) is 87.5 Å². The number of anilines is 2. The molecule has 0 saturated carbocycles. The van der Waals surface area contributed by atoms with Gasteiger partial charge in [-0.05, 0) is 18.1 Å². The van der Waals surface area contributed by atoms with Crippen molar-refractivity contribution >= 4 is 23.3 Å². The molecule has 1 aromatic rings. The van der Waals surface area contributed by atoms with Crippen molar-refractivity contribution in [2.75, 3.05) is 30.8 Å². The van der Waals surface area contributed by atoms with E-state index in [1.165, 1.54) is 7.05 Å². The van der Waals surface area contributed by atoms with Gasteiger partial charge in [-0.25, -0.2) is 4.79 Å². The summed E-state index contributed by atoms with van der Waals surface area (Å²) in [6.45, 7) is 0.874. The Labute approximate surface area is 105 Å². The largest absolute Gasteiger partial charge is 0.397 e. The number of hydrogen-bond acceptors (Lipinski definition) is 4. The molecule has 0 saturated heterocycles. The van der Waals surface area contributed by atoms with Crippen molar-refractivity contribution in [3.8, 4) is 0 Å². The van der Waals surface area contributed by atoms with Gasteiger partial charge in [-0.2, -0.15) is 0 Å². The van der Waals surface area contributed by atoms with Crippen LogP contribution in [0.2, 0.25) is 0 Å². The molecule has 6 heteroatoms. The summed E-state index contributed by atoms with van der Waals surface area (Å²) in [4.78, 5) is 24.5. The summed E-state index contributed by atoms with van der Waals surface area (Å²) in [5.41, 5.74) is 8.63. The number of imide groups is 1. The van der Waals surface area contributed by atoms with Crippen molar-refractivity contribution in [3.63, 3.8) is 0 Å². The third-order valence-electron chi connectivity index (χ3n) is 2.93. The van der Waals surface area contributed by atoms with Crippen molar-refractivity contribution < 1.29 is 9.59 Å². The number of benzene rings is 1. The van der Waals surface area contributed by atoms with E-state index in [2.05, 4.69) is 10.6 Å². The van der Waals surface area contributed by atoms with Gasteiger partial charge in [-0.3, -0.25) is 10.1 Å². The number of nitrogen functional groups attached to an aromatic ring is 1. The highest BCUT2D eigenvalue weighted by atomic mass is 16.2. The Hall–Kier alpha value is -2.24. The number of nitrogens with one attached hydrogen (secondary N) is 2. The molecular weight excluding hydrogens is 232 g/mol. The van der Waals surface area contributed by atoms with E-state index in [1.807, 2.05) is 23.1 Å². The minimum Gasteiger partial charge on any atom is -0.397 e. The van der Waals surface area contributed by atoms with Gasteiger partial charge in [0.15, 0.2) is 0 Å². The maximum Gasteiger partial charge on any atom is 0.321 e. The van der Waals surface area contributed by atoms with E-state index >= 15 is 0 Å². The Bertz CT molecular complexity index is 487. The Morgan fingerprint density at radius 2 is 2.22 bits per heavy atom. The number of amides is 3. The van der Waals surface area contributed by atoms with Crippen molar-refractivity contribution in [1.82, 2.24) is 10.6 Å². The van der Waals surface area contributed by atoms with Gasteiger partial charge in [0.05, 0.1) is 17.9 Å². The third kappa shape index (κ3) is 2.37. The Morgan fingerprint density at radius 3 is 2.94 bits per heavy atom. The number of hydrogen-bond donors (Lipinski definition) is 3. The van der Waals surface area contributed by atoms with Crippen LogP contribution in [0.15, 0.2) is 18.2 Å². The summed E-state index contributed by atoms with van der Waals surface area (Å²) >= 11 is 0. The summed E-state index contributed by atoms with van der Waals surface area (Å²) in [6.07, 6.45) is 0.869. The quantitative estimate of drug-likeness (QED) is 0.647. The van der Waals surface area contributed by atoms with E-state index in [4.69, 9.17) is 5.73 Å². The zero-order valence-corrected chi connectivity index (χ0v) is 10.2. The fourth-order valence-electron chi connectivity index (χ4n) is 2.13. The molecular formula is C12H16N4O2. The lowest BCUT2D eigenvalue weighted by Gasteiger charge is -2.19. The van der Waals surface area contributed by atoms with Crippen LogP contribution in [0.5, 0.6) is 0 Å². The maximum atomic E-state index is 11.6. The van der Waals surface area contributed by atoms with E-state index in [1.54, 1.807) is 0 Å². The highest BCUT2D eigenvalue weighted by Crippen LogP contribution is 2.33. The second kappa shape index (κ2) is 4.95. The number of nitrogens with zero attached hydrogens (tertiary/aromatic N) is 1. The number of carbonyl (C=O) groups is 2. The van der Waals surface area contributed by atoms with E-state index < -0.39 is 6.03 Å². The van der Waals surface area contributed by atoms with Gasteiger partial charge < -0.3 is 16.0 Å². The van der Waals surface area contributed by atoms with Crippen molar-refractivity contribution in [1.29, 1.82) is 0 Å². The van der Waals surface area contributed by atoms with Gasteiger partial charge in [0.1, 0.15) is 0 Å². The molecule has 0 bridgehead atoms. The molecule has 18 heavy (non-hydrogen) atoms. The van der Waals surface area contributed by atoms with Crippen LogP contribution < -0.4 is 21.3 Å². The smallest absolute Gasteiger partial charge is 0.321 e. The third-order valence-corrected chi connectivity index (χ3v) is 2.93. The van der Waals surface area contributed by atoms with Crippen LogP contribution >= 0.6 is 0 Å². The first-order valence-electron chi connectivity index (χ1n) is 5.75. The van der Waals surface area contributed by atoms with Crippen molar-refractivity contribution in [2.24, 2.45) is 0 Å². The van der Waals surface area contributed by atoms with Crippen LogP contribution in [0.1, 0.15) is 5.56 Å². The van der Waals surface area contributed by atoms with Crippen LogP contribution in [0, 0.1) is 0 Å². The van der Waals surface area contributed by atoms with Crippen LogP contribution in [0.25, 0.3) is 0 Å². The molecule has 1 aliphatic rings. The van der Waals surface area contributed by atoms with Gasteiger partial charge in [-0.15, -0.1) is 0 Å². The first-order chi connectivity index (χ1) is 8.61. The molecule has 0 fully saturated rings. The number of urea groups is 1. The monoisotopic (exact) mass is 248 g/mol. The molecule has 0 radical (unpaired) electrons. The molecule has 0 atom stereocenters. The molecule has 0 aliphatic carbocycles. The lowest BCUT2D eigenvalue weighted by molar-refractivity contribution is -0.118. The van der Waals surface area contributed by atoms with Gasteiger partial charge in [0.2, 0.25) is 5.91 Å². The van der Waals surface area contributed by atoms with Gasteiger partial charge >= 0.3 is 6.03 Å². The molecule has 6 nitrogen and oxygen atoms in total. The summed E-state index contributed by atoms with van der Waals surface area (Å²) in [5, 5.41) is 4.57. The number of nitrogens with two attached hydrogens (primary N) is 1. The maximum absolute atomic E-state index is 11.6. The second-order valence-electron chi connectivity index (χ2n) is 4.15. The summed E-state index contributed by atoms with van der Waals surface area (Å²) in [5.74, 6) is -0.342. The zero-order chi connectivity index (χ0) is 13.1.